The highest BCUT2D eigenvalue weighted by Gasteiger charge is 2.40. The Bertz CT molecular complexity index is 1190. The van der Waals surface area contributed by atoms with Gasteiger partial charge in [0.2, 0.25) is 0 Å². The molecule has 1 saturated heterocycles. The molecule has 3 heterocycles. The largest absolute Gasteiger partial charge is 0.488 e. The molecule has 1 aliphatic carbocycles. The van der Waals surface area contributed by atoms with Crippen LogP contribution in [0.3, 0.4) is 0 Å². The van der Waals surface area contributed by atoms with E-state index in [0.717, 1.165) is 79.0 Å². The van der Waals surface area contributed by atoms with Crippen LogP contribution in [0.15, 0.2) is 30.6 Å². The number of fused-ring (bicyclic) bond motifs is 1. The van der Waals surface area contributed by atoms with Crippen molar-refractivity contribution < 1.29 is 9.47 Å². The van der Waals surface area contributed by atoms with Crippen LogP contribution in [0, 0.1) is 0 Å². The van der Waals surface area contributed by atoms with Crippen LogP contribution in [0.25, 0.3) is 22.3 Å². The number of ether oxygens (including phenoxy) is 2. The fourth-order valence-electron chi connectivity index (χ4n) is 4.42. The molecule has 35 heavy (non-hydrogen) atoms. The Balaban J connectivity index is 1.49. The number of rotatable bonds is 9. The van der Waals surface area contributed by atoms with Crippen LogP contribution in [0.2, 0.25) is 25.7 Å². The summed E-state index contributed by atoms with van der Waals surface area (Å²) in [5.74, 6) is 1.82. The first-order valence-corrected chi connectivity index (χ1v) is 16.5. The number of nitrogens with zero attached hydrogens (tertiary/aromatic N) is 5. The second kappa shape index (κ2) is 9.52. The zero-order valence-corrected chi connectivity index (χ0v) is 22.7. The van der Waals surface area contributed by atoms with E-state index in [-0.39, 0.29) is 5.60 Å². The van der Waals surface area contributed by atoms with Gasteiger partial charge in [-0.25, -0.2) is 14.6 Å². The van der Waals surface area contributed by atoms with Gasteiger partial charge in [-0.1, -0.05) is 19.6 Å². The third-order valence-corrected chi connectivity index (χ3v) is 8.53. The summed E-state index contributed by atoms with van der Waals surface area (Å²) in [6.45, 7) is 15.4. The standard InChI is InChI=1S/C26H38N6O2Si/c1-19-16-31(11-10-27-19)24-15-23(28-17-29-24)25-21-14-20(34-26(2)8-9-26)6-7-22(21)30-32(25)18-33-12-13-35(3,4)5/h6-7,14-15,17,19,27H,8-13,16,18H2,1-5H3. The lowest BCUT2D eigenvalue weighted by molar-refractivity contribution is 0.0802. The van der Waals surface area contributed by atoms with Gasteiger partial charge < -0.3 is 19.7 Å². The topological polar surface area (TPSA) is 77.3 Å². The molecule has 1 saturated carbocycles. The van der Waals surface area contributed by atoms with E-state index >= 15 is 0 Å². The molecule has 9 heteroatoms. The van der Waals surface area contributed by atoms with Gasteiger partial charge in [-0.2, -0.15) is 5.10 Å². The van der Waals surface area contributed by atoms with Gasteiger partial charge in [0.1, 0.15) is 30.2 Å². The van der Waals surface area contributed by atoms with E-state index < -0.39 is 8.07 Å². The summed E-state index contributed by atoms with van der Waals surface area (Å²) >= 11 is 0. The van der Waals surface area contributed by atoms with Gasteiger partial charge in [0, 0.05) is 51.8 Å². The highest BCUT2D eigenvalue weighted by Crippen LogP contribution is 2.41. The zero-order chi connectivity index (χ0) is 24.6. The SMILES string of the molecule is CC1CN(c2cc(-c3c4cc(OC5(C)CC5)ccc4nn3COCC[Si](C)(C)C)ncn2)CCN1. The average Bonchev–Trinajstić information content (AvgIpc) is 3.42. The molecule has 1 aromatic carbocycles. The number of nitrogens with one attached hydrogen (secondary N) is 1. The van der Waals surface area contributed by atoms with Gasteiger partial charge in [0.15, 0.2) is 0 Å². The Morgan fingerprint density at radius 1 is 1.17 bits per heavy atom. The molecular weight excluding hydrogens is 456 g/mol. The normalized spacial score (nSPS) is 19.8. The molecule has 188 valence electrons. The summed E-state index contributed by atoms with van der Waals surface area (Å²) in [5, 5.41) is 9.42. The van der Waals surface area contributed by atoms with Crippen molar-refractivity contribution in [1.82, 2.24) is 25.1 Å². The summed E-state index contributed by atoms with van der Waals surface area (Å²) < 4.78 is 14.3. The smallest absolute Gasteiger partial charge is 0.140 e. The maximum absolute atomic E-state index is 6.28. The lowest BCUT2D eigenvalue weighted by atomic mass is 10.1. The fraction of sp³-hybridized carbons (Fsp3) is 0.577. The molecule has 2 aromatic heterocycles. The number of anilines is 1. The molecule has 1 atom stereocenters. The highest BCUT2D eigenvalue weighted by atomic mass is 28.3. The van der Waals surface area contributed by atoms with Crippen molar-refractivity contribution in [1.29, 1.82) is 0 Å². The average molecular weight is 495 g/mol. The number of hydrogen-bond acceptors (Lipinski definition) is 7. The molecule has 0 radical (unpaired) electrons. The first-order valence-electron chi connectivity index (χ1n) is 12.8. The van der Waals surface area contributed by atoms with E-state index in [1.807, 2.05) is 16.8 Å². The van der Waals surface area contributed by atoms with Crippen LogP contribution in [-0.4, -0.2) is 65.7 Å². The van der Waals surface area contributed by atoms with Gasteiger partial charge in [0.05, 0.1) is 16.9 Å². The fourth-order valence-corrected chi connectivity index (χ4v) is 5.18. The second-order valence-corrected chi connectivity index (χ2v) is 17.1. The van der Waals surface area contributed by atoms with E-state index in [1.54, 1.807) is 6.33 Å². The molecule has 0 bridgehead atoms. The van der Waals surface area contributed by atoms with E-state index in [1.165, 1.54) is 0 Å². The van der Waals surface area contributed by atoms with Gasteiger partial charge in [-0.15, -0.1) is 0 Å². The molecule has 0 amide bonds. The van der Waals surface area contributed by atoms with Gasteiger partial charge in [-0.3, -0.25) is 0 Å². The quantitative estimate of drug-likeness (QED) is 0.346. The molecule has 3 aromatic rings. The Morgan fingerprint density at radius 2 is 2.00 bits per heavy atom. The summed E-state index contributed by atoms with van der Waals surface area (Å²) in [6.07, 6.45) is 3.86. The minimum atomic E-state index is -1.16. The molecule has 5 rings (SSSR count). The second-order valence-electron chi connectivity index (χ2n) is 11.5. The van der Waals surface area contributed by atoms with Crippen molar-refractivity contribution in [2.24, 2.45) is 0 Å². The zero-order valence-electron chi connectivity index (χ0n) is 21.7. The van der Waals surface area contributed by atoms with Crippen LogP contribution in [0.5, 0.6) is 5.75 Å². The Morgan fingerprint density at radius 3 is 2.74 bits per heavy atom. The van der Waals surface area contributed by atoms with Crippen molar-refractivity contribution in [3.63, 3.8) is 0 Å². The van der Waals surface area contributed by atoms with Crippen molar-refractivity contribution in [2.75, 3.05) is 31.1 Å². The Hall–Kier alpha value is -2.49. The van der Waals surface area contributed by atoms with E-state index in [2.05, 4.69) is 65.8 Å². The number of aromatic nitrogens is 4. The maximum atomic E-state index is 6.28. The van der Waals surface area contributed by atoms with Crippen LogP contribution < -0.4 is 15.0 Å². The molecule has 0 spiro atoms. The highest BCUT2D eigenvalue weighted by molar-refractivity contribution is 6.76. The van der Waals surface area contributed by atoms with Crippen molar-refractivity contribution in [3.8, 4) is 17.1 Å². The van der Waals surface area contributed by atoms with Crippen molar-refractivity contribution in [2.45, 2.75) is 70.7 Å². The molecule has 2 fully saturated rings. The minimum absolute atomic E-state index is 0.0368. The first kappa shape index (κ1) is 24.2. The van der Waals surface area contributed by atoms with E-state index in [9.17, 15) is 0 Å². The third kappa shape index (κ3) is 5.84. The number of hydrogen-bond donors (Lipinski definition) is 1. The predicted octanol–water partition coefficient (Wildman–Crippen LogP) is 4.54. The predicted molar refractivity (Wildman–Crippen MR) is 143 cm³/mol. The van der Waals surface area contributed by atoms with Crippen LogP contribution in [-0.2, 0) is 11.5 Å². The van der Waals surface area contributed by atoms with E-state index in [0.29, 0.717) is 12.8 Å². The summed E-state index contributed by atoms with van der Waals surface area (Å²) in [6, 6.07) is 9.80. The third-order valence-electron chi connectivity index (χ3n) is 6.83. The van der Waals surface area contributed by atoms with E-state index in [4.69, 9.17) is 14.6 Å². The summed E-state index contributed by atoms with van der Waals surface area (Å²) in [4.78, 5) is 11.6. The monoisotopic (exact) mass is 494 g/mol. The molecule has 1 N–H and O–H groups in total. The molecular formula is C26H38N6O2Si. The first-order chi connectivity index (χ1) is 16.7. The molecule has 2 aliphatic rings. The molecule has 1 unspecified atom stereocenters. The summed E-state index contributed by atoms with van der Waals surface area (Å²) in [7, 11) is -1.16. The minimum Gasteiger partial charge on any atom is -0.488 e. The Labute approximate surface area is 209 Å². The van der Waals surface area contributed by atoms with Crippen LogP contribution in [0.4, 0.5) is 5.82 Å². The lowest BCUT2D eigenvalue weighted by Crippen LogP contribution is -2.49. The summed E-state index contributed by atoms with van der Waals surface area (Å²) in [5.41, 5.74) is 2.68. The van der Waals surface area contributed by atoms with Gasteiger partial charge >= 0.3 is 0 Å². The molecule has 1 aliphatic heterocycles. The maximum Gasteiger partial charge on any atom is 0.140 e. The van der Waals surface area contributed by atoms with Gasteiger partial charge in [-0.05, 0) is 50.9 Å². The van der Waals surface area contributed by atoms with Crippen molar-refractivity contribution >= 4 is 24.8 Å². The number of piperazine rings is 1. The number of benzene rings is 1. The molecule has 8 nitrogen and oxygen atoms in total. The van der Waals surface area contributed by atoms with Crippen LogP contribution >= 0.6 is 0 Å². The van der Waals surface area contributed by atoms with Crippen molar-refractivity contribution in [3.05, 3.63) is 30.6 Å². The lowest BCUT2D eigenvalue weighted by Gasteiger charge is -2.32. The Kier molecular flexibility index (Phi) is 6.58. The van der Waals surface area contributed by atoms with Gasteiger partial charge in [0.25, 0.3) is 0 Å². The van der Waals surface area contributed by atoms with Crippen LogP contribution in [0.1, 0.15) is 26.7 Å².